The van der Waals surface area contributed by atoms with Crippen molar-refractivity contribution >= 4 is 17.1 Å². The molecular formula is C52H43N. The standard InChI is InChI=1S/C52H43N/c1-4-12-37(13-5-1)39-20-23-44(24-21-39)53(51-27-22-41(38-14-6-2-7-15-38)33-47(51)40-16-8-3-9-17-40)45-25-26-50-48(34-45)46-18-10-11-19-49(46)52(50)42-29-35-28-36(31-42)32-43(52)30-35/h1-27,33-36,42-43H,28-32H2. The van der Waals surface area contributed by atoms with E-state index in [-0.39, 0.29) is 5.41 Å². The van der Waals surface area contributed by atoms with Gasteiger partial charge < -0.3 is 4.90 Å². The average Bonchev–Trinajstić information content (AvgIpc) is 3.51. The van der Waals surface area contributed by atoms with Crippen LogP contribution >= 0.6 is 0 Å². The Labute approximate surface area is 313 Å². The highest BCUT2D eigenvalue weighted by Gasteiger charge is 2.61. The summed E-state index contributed by atoms with van der Waals surface area (Å²) in [5, 5.41) is 0. The predicted molar refractivity (Wildman–Crippen MR) is 221 cm³/mol. The van der Waals surface area contributed by atoms with Crippen LogP contribution < -0.4 is 4.90 Å². The summed E-state index contributed by atoms with van der Waals surface area (Å²) in [5.41, 5.74) is 17.1. The molecule has 7 aromatic carbocycles. The monoisotopic (exact) mass is 681 g/mol. The van der Waals surface area contributed by atoms with Crippen molar-refractivity contribution in [2.75, 3.05) is 4.90 Å². The van der Waals surface area contributed by atoms with E-state index in [1.165, 1.54) is 88.0 Å². The molecule has 1 heteroatoms. The van der Waals surface area contributed by atoms with Gasteiger partial charge in [-0.15, -0.1) is 0 Å². The molecule has 4 bridgehead atoms. The lowest BCUT2D eigenvalue weighted by atomic mass is 9.43. The minimum absolute atomic E-state index is 0.159. The van der Waals surface area contributed by atoms with E-state index in [1.807, 2.05) is 0 Å². The van der Waals surface area contributed by atoms with Crippen LogP contribution in [0.3, 0.4) is 0 Å². The van der Waals surface area contributed by atoms with Gasteiger partial charge >= 0.3 is 0 Å². The lowest BCUT2D eigenvalue weighted by Gasteiger charge is -2.61. The summed E-state index contributed by atoms with van der Waals surface area (Å²) in [4.78, 5) is 2.51. The number of benzene rings is 7. The van der Waals surface area contributed by atoms with Crippen LogP contribution in [0.5, 0.6) is 0 Å². The third-order valence-corrected chi connectivity index (χ3v) is 13.5. The Balaban J connectivity index is 1.12. The Morgan fingerprint density at radius 3 is 1.53 bits per heavy atom. The minimum atomic E-state index is 0.159. The summed E-state index contributed by atoms with van der Waals surface area (Å²) in [6, 6.07) is 65.6. The fourth-order valence-corrected chi connectivity index (χ4v) is 11.5. The van der Waals surface area contributed by atoms with Crippen LogP contribution in [0.2, 0.25) is 0 Å². The van der Waals surface area contributed by atoms with E-state index < -0.39 is 0 Å². The first-order valence-electron chi connectivity index (χ1n) is 19.7. The van der Waals surface area contributed by atoms with Gasteiger partial charge in [-0.25, -0.2) is 0 Å². The average molecular weight is 682 g/mol. The van der Waals surface area contributed by atoms with Crippen LogP contribution in [-0.2, 0) is 5.41 Å². The SMILES string of the molecule is c1ccc(-c2ccc(N(c3ccc4c(c3)-c3ccccc3C43C4CC5CC(C4)CC3C5)c3ccc(-c4ccccc4)cc3-c3ccccc3)cc2)cc1. The first-order valence-corrected chi connectivity index (χ1v) is 19.7. The van der Waals surface area contributed by atoms with Gasteiger partial charge in [-0.2, -0.15) is 0 Å². The number of hydrogen-bond donors (Lipinski definition) is 0. The van der Waals surface area contributed by atoms with Crippen molar-refractivity contribution in [2.24, 2.45) is 23.7 Å². The van der Waals surface area contributed by atoms with E-state index in [1.54, 1.807) is 11.1 Å². The van der Waals surface area contributed by atoms with Gasteiger partial charge in [-0.1, -0.05) is 140 Å². The Hall–Kier alpha value is -5.66. The summed E-state index contributed by atoms with van der Waals surface area (Å²) in [6.07, 6.45) is 7.07. The molecule has 4 fully saturated rings. The molecular weight excluding hydrogens is 639 g/mol. The molecule has 7 aromatic rings. The highest BCUT2D eigenvalue weighted by atomic mass is 15.1. The largest absolute Gasteiger partial charge is 0.310 e. The van der Waals surface area contributed by atoms with E-state index >= 15 is 0 Å². The van der Waals surface area contributed by atoms with Crippen LogP contribution in [0.1, 0.15) is 43.2 Å². The maximum atomic E-state index is 2.55. The zero-order valence-electron chi connectivity index (χ0n) is 30.0. The second-order valence-corrected chi connectivity index (χ2v) is 16.2. The van der Waals surface area contributed by atoms with Crippen LogP contribution in [0.15, 0.2) is 176 Å². The quantitative estimate of drug-likeness (QED) is 0.169. The van der Waals surface area contributed by atoms with Gasteiger partial charge in [0.05, 0.1) is 5.69 Å². The van der Waals surface area contributed by atoms with Crippen LogP contribution in [0.25, 0.3) is 44.5 Å². The summed E-state index contributed by atoms with van der Waals surface area (Å²) in [5.74, 6) is 3.37. The second-order valence-electron chi connectivity index (χ2n) is 16.2. The van der Waals surface area contributed by atoms with Crippen LogP contribution in [0.4, 0.5) is 17.1 Å². The first kappa shape index (κ1) is 30.9. The van der Waals surface area contributed by atoms with Gasteiger partial charge in [0.15, 0.2) is 0 Å². The molecule has 5 aliphatic rings. The van der Waals surface area contributed by atoms with Crippen molar-refractivity contribution in [3.05, 3.63) is 187 Å². The molecule has 0 radical (unpaired) electrons. The number of nitrogens with zero attached hydrogens (tertiary/aromatic N) is 1. The smallest absolute Gasteiger partial charge is 0.0540 e. The van der Waals surface area contributed by atoms with Crippen LogP contribution in [0, 0.1) is 23.7 Å². The third-order valence-electron chi connectivity index (χ3n) is 13.5. The fourth-order valence-electron chi connectivity index (χ4n) is 11.5. The van der Waals surface area contributed by atoms with E-state index in [0.717, 1.165) is 29.4 Å². The molecule has 0 aliphatic heterocycles. The Bertz CT molecular complexity index is 2420. The van der Waals surface area contributed by atoms with Crippen molar-refractivity contribution < 1.29 is 0 Å². The molecule has 256 valence electrons. The highest BCUT2D eigenvalue weighted by molar-refractivity contribution is 5.93. The topological polar surface area (TPSA) is 3.24 Å². The van der Waals surface area contributed by atoms with E-state index in [2.05, 4.69) is 181 Å². The Kier molecular flexibility index (Phi) is 7.12. The maximum absolute atomic E-state index is 2.55. The molecule has 0 aromatic heterocycles. The van der Waals surface area contributed by atoms with Crippen molar-refractivity contribution in [3.63, 3.8) is 0 Å². The second kappa shape index (κ2) is 12.2. The first-order chi connectivity index (χ1) is 26.2. The van der Waals surface area contributed by atoms with Crippen LogP contribution in [-0.4, -0.2) is 0 Å². The molecule has 1 spiro atoms. The molecule has 0 heterocycles. The lowest BCUT2D eigenvalue weighted by Crippen LogP contribution is -2.55. The molecule has 5 aliphatic carbocycles. The third kappa shape index (κ3) is 4.83. The van der Waals surface area contributed by atoms with Crippen molar-refractivity contribution in [1.29, 1.82) is 0 Å². The van der Waals surface area contributed by atoms with E-state index in [9.17, 15) is 0 Å². The fraction of sp³-hybridized carbons (Fsp3) is 0.192. The Morgan fingerprint density at radius 2 is 0.868 bits per heavy atom. The minimum Gasteiger partial charge on any atom is -0.310 e. The number of rotatable bonds is 6. The molecule has 0 unspecified atom stereocenters. The zero-order valence-corrected chi connectivity index (χ0v) is 30.0. The zero-order chi connectivity index (χ0) is 34.9. The van der Waals surface area contributed by atoms with Crippen molar-refractivity contribution in [2.45, 2.75) is 37.5 Å². The number of anilines is 3. The molecule has 0 N–H and O–H groups in total. The summed E-state index contributed by atoms with van der Waals surface area (Å²) < 4.78 is 0. The molecule has 0 saturated heterocycles. The Morgan fingerprint density at radius 1 is 0.358 bits per heavy atom. The predicted octanol–water partition coefficient (Wildman–Crippen LogP) is 13.9. The van der Waals surface area contributed by atoms with Gasteiger partial charge in [0, 0.05) is 22.4 Å². The number of hydrogen-bond acceptors (Lipinski definition) is 1. The number of fused-ring (bicyclic) bond motifs is 3. The van der Waals surface area contributed by atoms with Gasteiger partial charge in [0.25, 0.3) is 0 Å². The van der Waals surface area contributed by atoms with Gasteiger partial charge in [0.2, 0.25) is 0 Å². The van der Waals surface area contributed by atoms with E-state index in [0.29, 0.717) is 0 Å². The molecule has 12 rings (SSSR count). The van der Waals surface area contributed by atoms with Gasteiger partial charge in [-0.3, -0.25) is 0 Å². The van der Waals surface area contributed by atoms with Crippen molar-refractivity contribution in [1.82, 2.24) is 0 Å². The van der Waals surface area contributed by atoms with E-state index in [4.69, 9.17) is 0 Å². The van der Waals surface area contributed by atoms with Gasteiger partial charge in [-0.05, 0) is 142 Å². The lowest BCUT2D eigenvalue weighted by molar-refractivity contribution is -0.0399. The summed E-state index contributed by atoms with van der Waals surface area (Å²) in [7, 11) is 0. The van der Waals surface area contributed by atoms with Gasteiger partial charge in [0.1, 0.15) is 0 Å². The summed E-state index contributed by atoms with van der Waals surface area (Å²) >= 11 is 0. The normalized spacial score (nSPS) is 23.2. The molecule has 1 nitrogen and oxygen atoms in total. The molecule has 0 amide bonds. The molecule has 0 atom stereocenters. The van der Waals surface area contributed by atoms with Crippen molar-refractivity contribution in [3.8, 4) is 44.5 Å². The summed E-state index contributed by atoms with van der Waals surface area (Å²) in [6.45, 7) is 0. The molecule has 53 heavy (non-hydrogen) atoms. The highest BCUT2D eigenvalue weighted by Crippen LogP contribution is 2.69. The maximum Gasteiger partial charge on any atom is 0.0540 e. The molecule has 4 saturated carbocycles.